The van der Waals surface area contributed by atoms with Crippen molar-refractivity contribution in [3.63, 3.8) is 0 Å². The smallest absolute Gasteiger partial charge is 0.316 e. The Morgan fingerprint density at radius 2 is 2.08 bits per heavy atom. The summed E-state index contributed by atoms with van der Waals surface area (Å²) < 4.78 is 10.4. The van der Waals surface area contributed by atoms with Gasteiger partial charge < -0.3 is 14.8 Å². The highest BCUT2D eigenvalue weighted by Crippen LogP contribution is 2.22. The third-order valence-electron chi connectivity index (χ3n) is 4.88. The number of aromatic nitrogens is 2. The first kappa shape index (κ1) is 17.1. The van der Waals surface area contributed by atoms with Crippen LogP contribution >= 0.6 is 0 Å². The van der Waals surface area contributed by atoms with Crippen LogP contribution in [0.25, 0.3) is 0 Å². The molecular weight excluding hydrogens is 308 g/mol. The summed E-state index contributed by atoms with van der Waals surface area (Å²) in [7, 11) is 1.50. The number of methoxy groups -OCH3 is 1. The van der Waals surface area contributed by atoms with Crippen molar-refractivity contribution in [2.24, 2.45) is 5.92 Å². The molecule has 1 aromatic rings. The monoisotopic (exact) mass is 334 g/mol. The van der Waals surface area contributed by atoms with Gasteiger partial charge in [-0.3, -0.25) is 9.69 Å². The highest BCUT2D eigenvalue weighted by atomic mass is 16.5. The molecule has 1 N–H and O–H groups in total. The van der Waals surface area contributed by atoms with Gasteiger partial charge >= 0.3 is 6.01 Å². The minimum Gasteiger partial charge on any atom is -0.467 e. The molecule has 2 aliphatic heterocycles. The lowest BCUT2D eigenvalue weighted by Gasteiger charge is -2.40. The van der Waals surface area contributed by atoms with Crippen LogP contribution in [0.4, 0.5) is 0 Å². The largest absolute Gasteiger partial charge is 0.467 e. The molecule has 0 radical (unpaired) electrons. The Morgan fingerprint density at radius 1 is 1.33 bits per heavy atom. The lowest BCUT2D eigenvalue weighted by Crippen LogP contribution is -2.47. The summed E-state index contributed by atoms with van der Waals surface area (Å²) in [6, 6.07) is 0.915. The van der Waals surface area contributed by atoms with Crippen molar-refractivity contribution < 1.29 is 14.3 Å². The predicted octanol–water partition coefficient (Wildman–Crippen LogP) is 1.11. The molecule has 1 aromatic heterocycles. The Kier molecular flexibility index (Phi) is 5.98. The second kappa shape index (κ2) is 8.39. The first-order chi connectivity index (χ1) is 11.8. The molecule has 1 unspecified atom stereocenters. The average Bonchev–Trinajstić information content (AvgIpc) is 2.67. The van der Waals surface area contributed by atoms with Gasteiger partial charge in [0, 0.05) is 44.7 Å². The molecule has 1 amide bonds. The summed E-state index contributed by atoms with van der Waals surface area (Å²) in [4.78, 5) is 22.7. The topological polar surface area (TPSA) is 76.6 Å². The third-order valence-corrected chi connectivity index (χ3v) is 4.88. The van der Waals surface area contributed by atoms with Crippen LogP contribution in [-0.2, 0) is 4.74 Å². The fourth-order valence-electron chi connectivity index (χ4n) is 3.52. The van der Waals surface area contributed by atoms with E-state index in [4.69, 9.17) is 9.47 Å². The Bertz CT molecular complexity index is 531. The Morgan fingerprint density at radius 3 is 2.79 bits per heavy atom. The number of rotatable bonds is 5. The van der Waals surface area contributed by atoms with Crippen LogP contribution in [0.5, 0.6) is 6.01 Å². The van der Waals surface area contributed by atoms with Crippen molar-refractivity contribution in [3.8, 4) is 6.01 Å². The van der Waals surface area contributed by atoms with Crippen LogP contribution in [0.1, 0.15) is 36.0 Å². The van der Waals surface area contributed by atoms with Crippen molar-refractivity contribution in [2.75, 3.05) is 40.0 Å². The first-order valence-electron chi connectivity index (χ1n) is 8.72. The normalized spacial score (nSPS) is 23.0. The molecule has 3 rings (SSSR count). The molecule has 0 aliphatic carbocycles. The molecule has 2 aliphatic rings. The minimum atomic E-state index is -0.124. The van der Waals surface area contributed by atoms with E-state index in [9.17, 15) is 4.79 Å². The fourth-order valence-corrected chi connectivity index (χ4v) is 3.52. The van der Waals surface area contributed by atoms with Crippen LogP contribution in [0.2, 0.25) is 0 Å². The number of hydrogen-bond donors (Lipinski definition) is 1. The van der Waals surface area contributed by atoms with Gasteiger partial charge in [-0.1, -0.05) is 0 Å². The molecule has 2 fully saturated rings. The molecule has 0 bridgehead atoms. The van der Waals surface area contributed by atoms with Gasteiger partial charge in [-0.25, -0.2) is 9.97 Å². The maximum absolute atomic E-state index is 12.2. The Hall–Kier alpha value is -1.73. The third kappa shape index (κ3) is 4.42. The maximum atomic E-state index is 12.2. The summed E-state index contributed by atoms with van der Waals surface area (Å²) >= 11 is 0. The van der Waals surface area contributed by atoms with Crippen molar-refractivity contribution in [1.29, 1.82) is 0 Å². The second-order valence-electron chi connectivity index (χ2n) is 6.52. The summed E-state index contributed by atoms with van der Waals surface area (Å²) in [6.45, 7) is 4.68. The number of ether oxygens (including phenoxy) is 2. The number of carbonyl (C=O) groups is 1. The number of amides is 1. The zero-order valence-electron chi connectivity index (χ0n) is 14.2. The van der Waals surface area contributed by atoms with Crippen molar-refractivity contribution >= 4 is 5.91 Å². The van der Waals surface area contributed by atoms with Gasteiger partial charge in [-0.15, -0.1) is 0 Å². The molecule has 0 saturated carbocycles. The highest BCUT2D eigenvalue weighted by Gasteiger charge is 2.27. The van der Waals surface area contributed by atoms with Crippen molar-refractivity contribution in [3.05, 3.63) is 18.0 Å². The van der Waals surface area contributed by atoms with E-state index < -0.39 is 0 Å². The van der Waals surface area contributed by atoms with Gasteiger partial charge in [0.25, 0.3) is 5.91 Å². The standard InChI is InChI=1S/C17H26N4O3/c1-23-17-19-10-14(11-20-17)16(22)18-9-13-3-2-6-21(12-13)15-4-7-24-8-5-15/h10-11,13,15H,2-9,12H2,1H3,(H,18,22). The van der Waals surface area contributed by atoms with E-state index in [2.05, 4.69) is 20.2 Å². The molecule has 132 valence electrons. The SMILES string of the molecule is COc1ncc(C(=O)NCC2CCCN(C3CCOCC3)C2)cn1. The number of piperidine rings is 1. The summed E-state index contributed by atoms with van der Waals surface area (Å²) in [5.41, 5.74) is 0.466. The number of hydrogen-bond acceptors (Lipinski definition) is 6. The molecule has 0 spiro atoms. The summed E-state index contributed by atoms with van der Waals surface area (Å²) in [5.74, 6) is 0.380. The van der Waals surface area contributed by atoms with E-state index in [-0.39, 0.29) is 11.9 Å². The number of nitrogens with one attached hydrogen (secondary N) is 1. The van der Waals surface area contributed by atoms with Crippen LogP contribution < -0.4 is 10.1 Å². The lowest BCUT2D eigenvalue weighted by molar-refractivity contribution is 0.0179. The van der Waals surface area contributed by atoms with Crippen molar-refractivity contribution in [2.45, 2.75) is 31.7 Å². The van der Waals surface area contributed by atoms with Crippen LogP contribution in [-0.4, -0.2) is 66.8 Å². The minimum absolute atomic E-state index is 0.124. The Balaban J connectivity index is 1.47. The zero-order chi connectivity index (χ0) is 16.8. The van der Waals surface area contributed by atoms with Gasteiger partial charge in [0.1, 0.15) is 0 Å². The maximum Gasteiger partial charge on any atom is 0.316 e. The summed E-state index contributed by atoms with van der Waals surface area (Å²) in [5, 5.41) is 3.02. The number of carbonyl (C=O) groups excluding carboxylic acids is 1. The van der Waals surface area contributed by atoms with E-state index in [0.29, 0.717) is 24.1 Å². The van der Waals surface area contributed by atoms with Crippen LogP contribution in [0.15, 0.2) is 12.4 Å². The van der Waals surface area contributed by atoms with Gasteiger partial charge in [0.2, 0.25) is 0 Å². The van der Waals surface area contributed by atoms with Crippen LogP contribution in [0, 0.1) is 5.92 Å². The van der Waals surface area contributed by atoms with Gasteiger partial charge in [0.05, 0.1) is 12.7 Å². The highest BCUT2D eigenvalue weighted by molar-refractivity contribution is 5.93. The van der Waals surface area contributed by atoms with Gasteiger partial charge in [-0.05, 0) is 38.1 Å². The fraction of sp³-hybridized carbons (Fsp3) is 0.706. The Labute approximate surface area is 142 Å². The molecule has 0 aromatic carbocycles. The molecule has 24 heavy (non-hydrogen) atoms. The molecule has 7 heteroatoms. The van der Waals surface area contributed by atoms with E-state index in [1.54, 1.807) is 0 Å². The van der Waals surface area contributed by atoms with E-state index in [1.807, 2.05) is 0 Å². The van der Waals surface area contributed by atoms with E-state index in [1.165, 1.54) is 38.9 Å². The quantitative estimate of drug-likeness (QED) is 0.869. The molecule has 2 saturated heterocycles. The second-order valence-corrected chi connectivity index (χ2v) is 6.52. The summed E-state index contributed by atoms with van der Waals surface area (Å²) in [6.07, 6.45) is 7.61. The van der Waals surface area contributed by atoms with Gasteiger partial charge in [-0.2, -0.15) is 0 Å². The number of likely N-dealkylation sites (tertiary alicyclic amines) is 1. The van der Waals surface area contributed by atoms with Gasteiger partial charge in [0.15, 0.2) is 0 Å². The number of nitrogens with zero attached hydrogens (tertiary/aromatic N) is 3. The van der Waals surface area contributed by atoms with E-state index in [0.717, 1.165) is 32.6 Å². The van der Waals surface area contributed by atoms with Crippen LogP contribution in [0.3, 0.4) is 0 Å². The molecule has 3 heterocycles. The molecule has 1 atom stereocenters. The molecule has 7 nitrogen and oxygen atoms in total. The van der Waals surface area contributed by atoms with E-state index >= 15 is 0 Å². The molecular formula is C17H26N4O3. The lowest BCUT2D eigenvalue weighted by atomic mass is 9.94. The average molecular weight is 334 g/mol. The van der Waals surface area contributed by atoms with Crippen molar-refractivity contribution in [1.82, 2.24) is 20.2 Å². The first-order valence-corrected chi connectivity index (χ1v) is 8.72. The zero-order valence-corrected chi connectivity index (χ0v) is 14.2. The predicted molar refractivity (Wildman–Crippen MR) is 89.1 cm³/mol.